The second kappa shape index (κ2) is 4.21. The van der Waals surface area contributed by atoms with Crippen LogP contribution in [0.4, 0.5) is 0 Å². The standard InChI is InChI=1S/C9H19N3/c1-2-11-7-9(1)8-12-5-3-10-4-6-12/h9-11H,1-8H2. The molecule has 2 aliphatic rings. The lowest BCUT2D eigenvalue weighted by Gasteiger charge is -2.29. The van der Waals surface area contributed by atoms with Gasteiger partial charge in [0.2, 0.25) is 0 Å². The smallest absolute Gasteiger partial charge is 0.0107 e. The Labute approximate surface area is 74.5 Å². The van der Waals surface area contributed by atoms with Gasteiger partial charge >= 0.3 is 0 Å². The average Bonchev–Trinajstić information content (AvgIpc) is 2.59. The maximum atomic E-state index is 3.42. The third kappa shape index (κ3) is 2.19. The van der Waals surface area contributed by atoms with E-state index in [9.17, 15) is 0 Å². The molecule has 2 rings (SSSR count). The Balaban J connectivity index is 1.69. The molecule has 1 atom stereocenters. The molecule has 70 valence electrons. The molecule has 3 nitrogen and oxygen atoms in total. The molecule has 0 aromatic carbocycles. The first-order chi connectivity index (χ1) is 5.95. The normalized spacial score (nSPS) is 32.5. The van der Waals surface area contributed by atoms with E-state index in [1.54, 1.807) is 0 Å². The summed E-state index contributed by atoms with van der Waals surface area (Å²) in [5, 5.41) is 6.80. The van der Waals surface area contributed by atoms with Crippen molar-refractivity contribution in [1.29, 1.82) is 0 Å². The molecule has 0 amide bonds. The minimum Gasteiger partial charge on any atom is -0.316 e. The van der Waals surface area contributed by atoms with E-state index in [2.05, 4.69) is 15.5 Å². The van der Waals surface area contributed by atoms with Gasteiger partial charge in [0.05, 0.1) is 0 Å². The van der Waals surface area contributed by atoms with Crippen molar-refractivity contribution < 1.29 is 0 Å². The second-order valence-corrected chi connectivity index (χ2v) is 3.91. The number of hydrogen-bond acceptors (Lipinski definition) is 3. The highest BCUT2D eigenvalue weighted by molar-refractivity contribution is 4.77. The van der Waals surface area contributed by atoms with Crippen LogP contribution in [-0.2, 0) is 0 Å². The lowest BCUT2D eigenvalue weighted by Crippen LogP contribution is -2.45. The molecular formula is C9H19N3. The Morgan fingerprint density at radius 1 is 1.08 bits per heavy atom. The largest absolute Gasteiger partial charge is 0.316 e. The maximum absolute atomic E-state index is 3.42. The Bertz CT molecular complexity index is 126. The Morgan fingerprint density at radius 2 is 1.92 bits per heavy atom. The van der Waals surface area contributed by atoms with E-state index in [0.29, 0.717) is 0 Å². The molecule has 0 aromatic rings. The summed E-state index contributed by atoms with van der Waals surface area (Å²) in [6.07, 6.45) is 1.38. The predicted molar refractivity (Wildman–Crippen MR) is 50.3 cm³/mol. The number of hydrogen-bond donors (Lipinski definition) is 2. The Morgan fingerprint density at radius 3 is 2.58 bits per heavy atom. The summed E-state index contributed by atoms with van der Waals surface area (Å²) >= 11 is 0. The van der Waals surface area contributed by atoms with E-state index < -0.39 is 0 Å². The van der Waals surface area contributed by atoms with Gasteiger partial charge in [0.25, 0.3) is 0 Å². The average molecular weight is 169 g/mol. The van der Waals surface area contributed by atoms with Crippen LogP contribution >= 0.6 is 0 Å². The number of nitrogens with one attached hydrogen (secondary N) is 2. The van der Waals surface area contributed by atoms with Crippen LogP contribution in [0.15, 0.2) is 0 Å². The highest BCUT2D eigenvalue weighted by atomic mass is 15.2. The first-order valence-electron chi connectivity index (χ1n) is 5.09. The minimum atomic E-state index is 0.920. The zero-order valence-corrected chi connectivity index (χ0v) is 7.68. The van der Waals surface area contributed by atoms with Gasteiger partial charge in [-0.2, -0.15) is 0 Å². The molecule has 0 aliphatic carbocycles. The fourth-order valence-corrected chi connectivity index (χ4v) is 2.13. The highest BCUT2D eigenvalue weighted by Crippen LogP contribution is 2.09. The van der Waals surface area contributed by atoms with Crippen molar-refractivity contribution in [2.24, 2.45) is 5.92 Å². The van der Waals surface area contributed by atoms with Gasteiger partial charge in [0.15, 0.2) is 0 Å². The van der Waals surface area contributed by atoms with E-state index in [0.717, 1.165) is 5.92 Å². The summed E-state index contributed by atoms with van der Waals surface area (Å²) in [6, 6.07) is 0. The summed E-state index contributed by atoms with van der Waals surface area (Å²) in [4.78, 5) is 2.59. The lowest BCUT2D eigenvalue weighted by atomic mass is 10.1. The topological polar surface area (TPSA) is 27.3 Å². The molecule has 0 aromatic heterocycles. The van der Waals surface area contributed by atoms with Gasteiger partial charge < -0.3 is 15.5 Å². The van der Waals surface area contributed by atoms with E-state index in [1.807, 2.05) is 0 Å². The molecule has 2 saturated heterocycles. The van der Waals surface area contributed by atoms with Crippen molar-refractivity contribution in [2.75, 3.05) is 45.8 Å². The molecule has 0 spiro atoms. The molecular weight excluding hydrogens is 150 g/mol. The van der Waals surface area contributed by atoms with Gasteiger partial charge in [0, 0.05) is 32.7 Å². The van der Waals surface area contributed by atoms with E-state index in [1.165, 1.54) is 52.2 Å². The van der Waals surface area contributed by atoms with Gasteiger partial charge in [-0.15, -0.1) is 0 Å². The van der Waals surface area contributed by atoms with Crippen molar-refractivity contribution in [3.8, 4) is 0 Å². The van der Waals surface area contributed by atoms with Crippen LogP contribution in [0.2, 0.25) is 0 Å². The molecule has 0 saturated carbocycles. The van der Waals surface area contributed by atoms with E-state index in [-0.39, 0.29) is 0 Å². The quantitative estimate of drug-likeness (QED) is 0.583. The predicted octanol–water partition coefficient (Wildman–Crippen LogP) is -0.499. The van der Waals surface area contributed by atoms with Crippen molar-refractivity contribution in [2.45, 2.75) is 6.42 Å². The number of piperazine rings is 1. The summed E-state index contributed by atoms with van der Waals surface area (Å²) < 4.78 is 0. The van der Waals surface area contributed by atoms with E-state index >= 15 is 0 Å². The lowest BCUT2D eigenvalue weighted by molar-refractivity contribution is 0.211. The first kappa shape index (κ1) is 8.48. The number of rotatable bonds is 2. The van der Waals surface area contributed by atoms with Gasteiger partial charge in [-0.3, -0.25) is 0 Å². The highest BCUT2D eigenvalue weighted by Gasteiger charge is 2.18. The fourth-order valence-electron chi connectivity index (χ4n) is 2.13. The monoisotopic (exact) mass is 169 g/mol. The molecule has 0 bridgehead atoms. The molecule has 2 fully saturated rings. The SMILES string of the molecule is C1CN(CC2CCNC2)CCN1. The van der Waals surface area contributed by atoms with Crippen LogP contribution in [0, 0.1) is 5.92 Å². The molecule has 12 heavy (non-hydrogen) atoms. The summed E-state index contributed by atoms with van der Waals surface area (Å²) in [7, 11) is 0. The molecule has 2 N–H and O–H groups in total. The Kier molecular flexibility index (Phi) is 2.98. The fraction of sp³-hybridized carbons (Fsp3) is 1.00. The molecule has 2 aliphatic heterocycles. The zero-order valence-electron chi connectivity index (χ0n) is 7.68. The van der Waals surface area contributed by atoms with Gasteiger partial charge in [-0.25, -0.2) is 0 Å². The summed E-state index contributed by atoms with van der Waals surface area (Å²) in [6.45, 7) is 8.64. The van der Waals surface area contributed by atoms with Crippen molar-refractivity contribution in [3.63, 3.8) is 0 Å². The Hall–Kier alpha value is -0.120. The number of nitrogens with zero attached hydrogens (tertiary/aromatic N) is 1. The molecule has 1 unspecified atom stereocenters. The maximum Gasteiger partial charge on any atom is 0.0107 e. The third-order valence-corrected chi connectivity index (χ3v) is 2.89. The van der Waals surface area contributed by atoms with Crippen LogP contribution in [0.25, 0.3) is 0 Å². The molecule has 0 radical (unpaired) electrons. The van der Waals surface area contributed by atoms with Gasteiger partial charge in [-0.1, -0.05) is 0 Å². The first-order valence-corrected chi connectivity index (χ1v) is 5.09. The van der Waals surface area contributed by atoms with Crippen LogP contribution < -0.4 is 10.6 Å². The summed E-state index contributed by atoms with van der Waals surface area (Å²) in [5.74, 6) is 0.920. The second-order valence-electron chi connectivity index (χ2n) is 3.91. The van der Waals surface area contributed by atoms with Crippen LogP contribution in [0.3, 0.4) is 0 Å². The zero-order chi connectivity index (χ0) is 8.23. The van der Waals surface area contributed by atoms with Crippen molar-refractivity contribution in [3.05, 3.63) is 0 Å². The van der Waals surface area contributed by atoms with Crippen LogP contribution in [-0.4, -0.2) is 50.7 Å². The van der Waals surface area contributed by atoms with E-state index in [4.69, 9.17) is 0 Å². The minimum absolute atomic E-state index is 0.920. The van der Waals surface area contributed by atoms with Crippen molar-refractivity contribution in [1.82, 2.24) is 15.5 Å². The van der Waals surface area contributed by atoms with Crippen molar-refractivity contribution >= 4 is 0 Å². The van der Waals surface area contributed by atoms with Gasteiger partial charge in [0.1, 0.15) is 0 Å². The summed E-state index contributed by atoms with van der Waals surface area (Å²) in [5.41, 5.74) is 0. The van der Waals surface area contributed by atoms with Gasteiger partial charge in [-0.05, 0) is 25.4 Å². The molecule has 2 heterocycles. The van der Waals surface area contributed by atoms with Crippen LogP contribution in [0.5, 0.6) is 0 Å². The van der Waals surface area contributed by atoms with Crippen LogP contribution in [0.1, 0.15) is 6.42 Å². The molecule has 3 heteroatoms. The third-order valence-electron chi connectivity index (χ3n) is 2.89.